The highest BCUT2D eigenvalue weighted by Gasteiger charge is 2.31. The molecule has 0 saturated carbocycles. The van der Waals surface area contributed by atoms with Crippen LogP contribution in [0, 0.1) is 19.8 Å². The Bertz CT molecular complexity index is 1180. The number of hydrogen-bond acceptors (Lipinski definition) is 4. The standard InChI is InChI=1S/C31H38N2O4/c1-22(2)19-32-31(35)28(18-25-10-7-6-8-11-25)33(20-26-12-9-13-27(17-26)36-5)30(34)21-37-29-16-23(3)14-15-24(29)4/h6-17,22,28H,18-21H2,1-5H3,(H,32,35)/t28-/m0/s1. The van der Waals surface area contributed by atoms with Crippen molar-refractivity contribution in [2.24, 2.45) is 5.92 Å². The van der Waals surface area contributed by atoms with E-state index in [1.807, 2.05) is 100 Å². The van der Waals surface area contributed by atoms with Gasteiger partial charge in [-0.25, -0.2) is 0 Å². The van der Waals surface area contributed by atoms with E-state index >= 15 is 0 Å². The van der Waals surface area contributed by atoms with Gasteiger partial charge in [0.25, 0.3) is 5.91 Å². The first-order valence-corrected chi connectivity index (χ1v) is 12.7. The molecule has 3 aromatic rings. The predicted octanol–water partition coefficient (Wildman–Crippen LogP) is 5.10. The van der Waals surface area contributed by atoms with Crippen LogP contribution in [0.1, 0.15) is 36.1 Å². The molecule has 0 heterocycles. The predicted molar refractivity (Wildman–Crippen MR) is 147 cm³/mol. The first-order chi connectivity index (χ1) is 17.8. The molecule has 1 N–H and O–H groups in total. The molecule has 2 amide bonds. The monoisotopic (exact) mass is 502 g/mol. The fourth-order valence-electron chi connectivity index (χ4n) is 4.03. The van der Waals surface area contributed by atoms with Gasteiger partial charge < -0.3 is 19.7 Å². The number of amides is 2. The number of aryl methyl sites for hydroxylation is 2. The number of carbonyl (C=O) groups excluding carboxylic acids is 2. The number of carbonyl (C=O) groups is 2. The topological polar surface area (TPSA) is 67.9 Å². The van der Waals surface area contributed by atoms with E-state index in [0.717, 1.165) is 22.3 Å². The Morgan fingerprint density at radius 1 is 0.919 bits per heavy atom. The summed E-state index contributed by atoms with van der Waals surface area (Å²) < 4.78 is 11.4. The van der Waals surface area contributed by atoms with Crippen molar-refractivity contribution >= 4 is 11.8 Å². The van der Waals surface area contributed by atoms with E-state index in [2.05, 4.69) is 5.32 Å². The lowest BCUT2D eigenvalue weighted by atomic mass is 10.0. The van der Waals surface area contributed by atoms with Gasteiger partial charge in [-0.2, -0.15) is 0 Å². The molecule has 3 aromatic carbocycles. The lowest BCUT2D eigenvalue weighted by Gasteiger charge is -2.32. The molecule has 0 saturated heterocycles. The van der Waals surface area contributed by atoms with Crippen LogP contribution in [-0.2, 0) is 22.6 Å². The van der Waals surface area contributed by atoms with Crippen molar-refractivity contribution in [2.45, 2.75) is 46.7 Å². The minimum absolute atomic E-state index is 0.170. The van der Waals surface area contributed by atoms with Crippen LogP contribution in [0.15, 0.2) is 72.8 Å². The van der Waals surface area contributed by atoms with Crippen LogP contribution in [0.2, 0.25) is 0 Å². The average Bonchev–Trinajstić information content (AvgIpc) is 2.90. The second-order valence-electron chi connectivity index (χ2n) is 9.78. The Morgan fingerprint density at radius 2 is 1.65 bits per heavy atom. The van der Waals surface area contributed by atoms with Crippen molar-refractivity contribution in [3.05, 3.63) is 95.1 Å². The molecule has 0 aliphatic rings. The van der Waals surface area contributed by atoms with Crippen molar-refractivity contribution < 1.29 is 19.1 Å². The number of ether oxygens (including phenoxy) is 2. The Labute approximate surface area is 220 Å². The normalized spacial score (nSPS) is 11.6. The van der Waals surface area contributed by atoms with Crippen LogP contribution in [0.5, 0.6) is 11.5 Å². The largest absolute Gasteiger partial charge is 0.497 e. The smallest absolute Gasteiger partial charge is 0.261 e. The van der Waals surface area contributed by atoms with Gasteiger partial charge in [-0.05, 0) is 60.2 Å². The Balaban J connectivity index is 1.93. The quantitative estimate of drug-likeness (QED) is 0.374. The van der Waals surface area contributed by atoms with Crippen LogP contribution in [0.4, 0.5) is 0 Å². The van der Waals surface area contributed by atoms with Gasteiger partial charge in [-0.3, -0.25) is 9.59 Å². The van der Waals surface area contributed by atoms with Gasteiger partial charge in [-0.15, -0.1) is 0 Å². The van der Waals surface area contributed by atoms with E-state index < -0.39 is 6.04 Å². The number of nitrogens with one attached hydrogen (secondary N) is 1. The second-order valence-corrected chi connectivity index (χ2v) is 9.78. The average molecular weight is 503 g/mol. The fourth-order valence-corrected chi connectivity index (χ4v) is 4.03. The second kappa shape index (κ2) is 13.5. The number of nitrogens with zero attached hydrogens (tertiary/aromatic N) is 1. The summed E-state index contributed by atoms with van der Waals surface area (Å²) in [6.07, 6.45) is 0.393. The molecule has 1 atom stereocenters. The van der Waals surface area contributed by atoms with Crippen LogP contribution in [-0.4, -0.2) is 43.0 Å². The molecule has 6 heteroatoms. The molecule has 0 unspecified atom stereocenters. The first-order valence-electron chi connectivity index (χ1n) is 12.7. The Hall–Kier alpha value is -3.80. The molecule has 0 radical (unpaired) electrons. The molecule has 37 heavy (non-hydrogen) atoms. The van der Waals surface area contributed by atoms with E-state index in [1.165, 1.54) is 0 Å². The van der Waals surface area contributed by atoms with E-state index in [1.54, 1.807) is 12.0 Å². The Morgan fingerprint density at radius 3 is 2.35 bits per heavy atom. The van der Waals surface area contributed by atoms with Gasteiger partial charge in [0.05, 0.1) is 7.11 Å². The Kier molecular flexibility index (Phi) is 10.1. The van der Waals surface area contributed by atoms with E-state index in [0.29, 0.717) is 24.5 Å². The van der Waals surface area contributed by atoms with Crippen LogP contribution in [0.25, 0.3) is 0 Å². The van der Waals surface area contributed by atoms with Crippen molar-refractivity contribution in [3.8, 4) is 11.5 Å². The highest BCUT2D eigenvalue weighted by molar-refractivity contribution is 5.88. The number of rotatable bonds is 12. The molecule has 0 aliphatic heterocycles. The zero-order valence-electron chi connectivity index (χ0n) is 22.5. The molecule has 6 nitrogen and oxygen atoms in total. The van der Waals surface area contributed by atoms with Crippen LogP contribution >= 0.6 is 0 Å². The maximum absolute atomic E-state index is 13.7. The summed E-state index contributed by atoms with van der Waals surface area (Å²) in [5.74, 6) is 1.21. The van der Waals surface area contributed by atoms with E-state index in [9.17, 15) is 9.59 Å². The fraction of sp³-hybridized carbons (Fsp3) is 0.355. The molecular formula is C31H38N2O4. The maximum atomic E-state index is 13.7. The minimum atomic E-state index is -0.706. The van der Waals surface area contributed by atoms with Gasteiger partial charge in [0, 0.05) is 19.5 Å². The lowest BCUT2D eigenvalue weighted by Crippen LogP contribution is -2.52. The molecule has 0 aromatic heterocycles. The SMILES string of the molecule is COc1cccc(CN(C(=O)COc2cc(C)ccc2C)[C@@H](Cc2ccccc2)C(=O)NCC(C)C)c1. The summed E-state index contributed by atoms with van der Waals surface area (Å²) in [4.78, 5) is 28.9. The van der Waals surface area contributed by atoms with Crippen molar-refractivity contribution in [1.82, 2.24) is 10.2 Å². The van der Waals surface area contributed by atoms with Crippen molar-refractivity contribution in [2.75, 3.05) is 20.3 Å². The highest BCUT2D eigenvalue weighted by atomic mass is 16.5. The van der Waals surface area contributed by atoms with Gasteiger partial charge in [-0.1, -0.05) is 68.4 Å². The summed E-state index contributed by atoms with van der Waals surface area (Å²) in [7, 11) is 1.61. The molecule has 0 spiro atoms. The van der Waals surface area contributed by atoms with Gasteiger partial charge >= 0.3 is 0 Å². The minimum Gasteiger partial charge on any atom is -0.497 e. The summed E-state index contributed by atoms with van der Waals surface area (Å²) in [6.45, 7) is 8.64. The van der Waals surface area contributed by atoms with Crippen LogP contribution in [0.3, 0.4) is 0 Å². The van der Waals surface area contributed by atoms with Gasteiger partial charge in [0.15, 0.2) is 6.61 Å². The maximum Gasteiger partial charge on any atom is 0.261 e. The first kappa shape index (κ1) is 27.8. The third-order valence-corrected chi connectivity index (χ3v) is 6.14. The van der Waals surface area contributed by atoms with E-state index in [-0.39, 0.29) is 30.9 Å². The summed E-state index contributed by atoms with van der Waals surface area (Å²) in [5, 5.41) is 3.04. The zero-order valence-corrected chi connectivity index (χ0v) is 22.5. The zero-order chi connectivity index (χ0) is 26.8. The summed E-state index contributed by atoms with van der Waals surface area (Å²) in [5.41, 5.74) is 3.85. The molecule has 3 rings (SSSR count). The summed E-state index contributed by atoms with van der Waals surface area (Å²) >= 11 is 0. The highest BCUT2D eigenvalue weighted by Crippen LogP contribution is 2.21. The summed E-state index contributed by atoms with van der Waals surface area (Å²) in [6, 6.07) is 22.5. The number of methoxy groups -OCH3 is 1. The third-order valence-electron chi connectivity index (χ3n) is 6.14. The number of hydrogen-bond donors (Lipinski definition) is 1. The molecule has 0 bridgehead atoms. The van der Waals surface area contributed by atoms with Gasteiger partial charge in [0.2, 0.25) is 5.91 Å². The molecule has 196 valence electrons. The third kappa shape index (κ3) is 8.38. The van der Waals surface area contributed by atoms with Crippen molar-refractivity contribution in [3.63, 3.8) is 0 Å². The van der Waals surface area contributed by atoms with Gasteiger partial charge in [0.1, 0.15) is 17.5 Å². The van der Waals surface area contributed by atoms with E-state index in [4.69, 9.17) is 9.47 Å². The van der Waals surface area contributed by atoms with Crippen molar-refractivity contribution in [1.29, 1.82) is 0 Å². The molecular weight excluding hydrogens is 464 g/mol. The lowest BCUT2D eigenvalue weighted by molar-refractivity contribution is -0.142. The molecule has 0 aliphatic carbocycles. The number of benzene rings is 3. The van der Waals surface area contributed by atoms with Crippen LogP contribution < -0.4 is 14.8 Å². The molecule has 0 fully saturated rings.